The minimum absolute atomic E-state index is 0.277. The SMILES string of the molecule is Cc1ccc(-c2nnc(SCCOc3ccc(F)cc3)o2)cc1. The predicted molar refractivity (Wildman–Crippen MR) is 87.1 cm³/mol. The summed E-state index contributed by atoms with van der Waals surface area (Å²) in [5.41, 5.74) is 2.08. The Balaban J connectivity index is 1.49. The molecule has 0 aliphatic rings. The molecule has 0 N–H and O–H groups in total. The molecule has 3 rings (SSSR count). The molecular weight excluding hydrogens is 315 g/mol. The van der Waals surface area contributed by atoms with Crippen LogP contribution in [-0.2, 0) is 0 Å². The summed E-state index contributed by atoms with van der Waals surface area (Å²) in [5, 5.41) is 8.56. The van der Waals surface area contributed by atoms with Gasteiger partial charge in [-0.3, -0.25) is 0 Å². The summed E-state index contributed by atoms with van der Waals surface area (Å²) < 4.78 is 23.9. The van der Waals surface area contributed by atoms with Crippen LogP contribution in [0.4, 0.5) is 4.39 Å². The Morgan fingerprint density at radius 1 is 1.04 bits per heavy atom. The normalized spacial score (nSPS) is 10.7. The Hall–Kier alpha value is -2.34. The molecule has 0 radical (unpaired) electrons. The largest absolute Gasteiger partial charge is 0.493 e. The number of halogens is 1. The molecule has 118 valence electrons. The van der Waals surface area contributed by atoms with Gasteiger partial charge in [0.25, 0.3) is 5.22 Å². The van der Waals surface area contributed by atoms with Gasteiger partial charge in [-0.2, -0.15) is 0 Å². The van der Waals surface area contributed by atoms with Gasteiger partial charge in [0, 0.05) is 11.3 Å². The fourth-order valence-electron chi connectivity index (χ4n) is 1.90. The van der Waals surface area contributed by atoms with Crippen LogP contribution in [0.15, 0.2) is 58.2 Å². The molecule has 1 aromatic heterocycles. The topological polar surface area (TPSA) is 48.2 Å². The van der Waals surface area contributed by atoms with E-state index in [1.54, 1.807) is 12.1 Å². The number of hydrogen-bond donors (Lipinski definition) is 0. The van der Waals surface area contributed by atoms with E-state index < -0.39 is 0 Å². The van der Waals surface area contributed by atoms with Crippen molar-refractivity contribution in [3.8, 4) is 17.2 Å². The lowest BCUT2D eigenvalue weighted by atomic mass is 10.1. The molecule has 0 unspecified atom stereocenters. The van der Waals surface area contributed by atoms with Gasteiger partial charge < -0.3 is 9.15 Å². The molecule has 2 aromatic carbocycles. The highest BCUT2D eigenvalue weighted by atomic mass is 32.2. The van der Waals surface area contributed by atoms with Gasteiger partial charge >= 0.3 is 0 Å². The van der Waals surface area contributed by atoms with E-state index >= 15 is 0 Å². The summed E-state index contributed by atoms with van der Waals surface area (Å²) in [6.45, 7) is 2.50. The maximum atomic E-state index is 12.8. The molecule has 0 saturated carbocycles. The maximum Gasteiger partial charge on any atom is 0.276 e. The molecule has 0 bridgehead atoms. The monoisotopic (exact) mass is 330 g/mol. The summed E-state index contributed by atoms with van der Waals surface area (Å²) >= 11 is 1.42. The second-order valence-corrected chi connectivity index (χ2v) is 5.94. The van der Waals surface area contributed by atoms with E-state index in [4.69, 9.17) is 9.15 Å². The Morgan fingerprint density at radius 2 is 1.78 bits per heavy atom. The fourth-order valence-corrected chi connectivity index (χ4v) is 2.48. The molecule has 0 aliphatic heterocycles. The highest BCUT2D eigenvalue weighted by Crippen LogP contribution is 2.23. The van der Waals surface area contributed by atoms with Gasteiger partial charge in [-0.15, -0.1) is 10.2 Å². The number of benzene rings is 2. The Bertz CT molecular complexity index is 757. The van der Waals surface area contributed by atoms with Gasteiger partial charge in [0.1, 0.15) is 11.6 Å². The van der Waals surface area contributed by atoms with Gasteiger partial charge in [0.2, 0.25) is 5.89 Å². The summed E-state index contributed by atoms with van der Waals surface area (Å²) in [6, 6.07) is 13.8. The minimum atomic E-state index is -0.277. The van der Waals surface area contributed by atoms with Crippen LogP contribution >= 0.6 is 11.8 Å². The zero-order chi connectivity index (χ0) is 16.1. The van der Waals surface area contributed by atoms with Crippen LogP contribution in [-0.4, -0.2) is 22.6 Å². The number of rotatable bonds is 6. The highest BCUT2D eigenvalue weighted by molar-refractivity contribution is 7.99. The van der Waals surface area contributed by atoms with Crippen molar-refractivity contribution in [3.63, 3.8) is 0 Å². The molecule has 0 fully saturated rings. The van der Waals surface area contributed by atoms with E-state index in [2.05, 4.69) is 10.2 Å². The van der Waals surface area contributed by atoms with Crippen molar-refractivity contribution >= 4 is 11.8 Å². The second-order valence-electron chi connectivity index (χ2n) is 4.89. The smallest absolute Gasteiger partial charge is 0.276 e. The zero-order valence-electron chi connectivity index (χ0n) is 12.5. The minimum Gasteiger partial charge on any atom is -0.493 e. The van der Waals surface area contributed by atoms with Crippen molar-refractivity contribution in [2.24, 2.45) is 0 Å². The number of nitrogens with zero attached hydrogens (tertiary/aromatic N) is 2. The van der Waals surface area contributed by atoms with Crippen molar-refractivity contribution < 1.29 is 13.5 Å². The first-order valence-corrected chi connectivity index (χ1v) is 8.11. The number of aromatic nitrogens is 2. The van der Waals surface area contributed by atoms with Crippen LogP contribution in [0, 0.1) is 12.7 Å². The van der Waals surface area contributed by atoms with E-state index in [0.29, 0.717) is 29.2 Å². The summed E-state index contributed by atoms with van der Waals surface area (Å²) in [7, 11) is 0. The number of aryl methyl sites for hydroxylation is 1. The molecule has 3 aromatic rings. The molecule has 6 heteroatoms. The van der Waals surface area contributed by atoms with E-state index in [1.807, 2.05) is 31.2 Å². The van der Waals surface area contributed by atoms with E-state index in [9.17, 15) is 4.39 Å². The van der Waals surface area contributed by atoms with Crippen molar-refractivity contribution in [2.45, 2.75) is 12.1 Å². The molecule has 0 atom stereocenters. The van der Waals surface area contributed by atoms with Crippen LogP contribution in [0.1, 0.15) is 5.56 Å². The van der Waals surface area contributed by atoms with E-state index in [1.165, 1.54) is 29.5 Å². The van der Waals surface area contributed by atoms with E-state index in [0.717, 1.165) is 5.56 Å². The van der Waals surface area contributed by atoms with Gasteiger partial charge in [-0.1, -0.05) is 29.5 Å². The third-order valence-electron chi connectivity index (χ3n) is 3.10. The standard InChI is InChI=1S/C17H15FN2O2S/c1-12-2-4-13(5-3-12)16-19-20-17(22-16)23-11-10-21-15-8-6-14(18)7-9-15/h2-9H,10-11H2,1H3. The zero-order valence-corrected chi connectivity index (χ0v) is 13.3. The molecule has 4 nitrogen and oxygen atoms in total. The predicted octanol–water partition coefficient (Wildman–Crippen LogP) is 4.36. The first-order chi connectivity index (χ1) is 11.2. The number of ether oxygens (including phenoxy) is 1. The summed E-state index contributed by atoms with van der Waals surface area (Å²) in [5.74, 6) is 1.53. The first-order valence-electron chi connectivity index (χ1n) is 7.12. The lowest BCUT2D eigenvalue weighted by Gasteiger charge is -2.04. The van der Waals surface area contributed by atoms with Crippen molar-refractivity contribution in [3.05, 3.63) is 59.9 Å². The fraction of sp³-hybridized carbons (Fsp3) is 0.176. The van der Waals surface area contributed by atoms with Crippen molar-refractivity contribution in [1.82, 2.24) is 10.2 Å². The van der Waals surface area contributed by atoms with Crippen molar-refractivity contribution in [1.29, 1.82) is 0 Å². The van der Waals surface area contributed by atoms with Gasteiger partial charge in [-0.05, 0) is 43.3 Å². The van der Waals surface area contributed by atoms with Crippen LogP contribution in [0.3, 0.4) is 0 Å². The third kappa shape index (κ3) is 4.32. The van der Waals surface area contributed by atoms with E-state index in [-0.39, 0.29) is 5.82 Å². The van der Waals surface area contributed by atoms with Crippen LogP contribution in [0.5, 0.6) is 5.75 Å². The first kappa shape index (κ1) is 15.6. The molecule has 0 saturated heterocycles. The number of thioether (sulfide) groups is 1. The highest BCUT2D eigenvalue weighted by Gasteiger charge is 2.08. The van der Waals surface area contributed by atoms with Gasteiger partial charge in [0.15, 0.2) is 0 Å². The molecule has 23 heavy (non-hydrogen) atoms. The van der Waals surface area contributed by atoms with Crippen LogP contribution in [0.25, 0.3) is 11.5 Å². The maximum absolute atomic E-state index is 12.8. The quantitative estimate of drug-likeness (QED) is 0.496. The lowest BCUT2D eigenvalue weighted by Crippen LogP contribution is -1.99. The van der Waals surface area contributed by atoms with Gasteiger partial charge in [-0.25, -0.2) is 4.39 Å². The average molecular weight is 330 g/mol. The van der Waals surface area contributed by atoms with Gasteiger partial charge in [0.05, 0.1) is 6.61 Å². The molecule has 0 spiro atoms. The summed E-state index contributed by atoms with van der Waals surface area (Å²) in [4.78, 5) is 0. The third-order valence-corrected chi connectivity index (χ3v) is 3.88. The average Bonchev–Trinajstić information content (AvgIpc) is 3.03. The number of hydrogen-bond acceptors (Lipinski definition) is 5. The lowest BCUT2D eigenvalue weighted by molar-refractivity contribution is 0.342. The summed E-state index contributed by atoms with van der Waals surface area (Å²) in [6.07, 6.45) is 0. The Labute approximate surface area is 137 Å². The van der Waals surface area contributed by atoms with Crippen molar-refractivity contribution in [2.75, 3.05) is 12.4 Å². The molecular formula is C17H15FN2O2S. The van der Waals surface area contributed by atoms with Crippen LogP contribution in [0.2, 0.25) is 0 Å². The second kappa shape index (κ2) is 7.28. The Kier molecular flexibility index (Phi) is 4.92. The molecule has 0 amide bonds. The van der Waals surface area contributed by atoms with Crippen LogP contribution < -0.4 is 4.74 Å². The Morgan fingerprint density at radius 3 is 2.52 bits per heavy atom. The molecule has 0 aliphatic carbocycles. The molecule has 1 heterocycles.